The van der Waals surface area contributed by atoms with Gasteiger partial charge in [-0.1, -0.05) is 53.6 Å². The molecule has 4 amide bonds. The quantitative estimate of drug-likeness (QED) is 0.246. The van der Waals surface area contributed by atoms with Crippen molar-refractivity contribution in [2.75, 3.05) is 12.0 Å². The number of carboxylic acids is 1. The van der Waals surface area contributed by atoms with Crippen LogP contribution >= 0.6 is 11.6 Å². The van der Waals surface area contributed by atoms with Crippen molar-refractivity contribution in [1.29, 1.82) is 0 Å². The predicted molar refractivity (Wildman–Crippen MR) is 166 cm³/mol. The van der Waals surface area contributed by atoms with E-state index in [1.54, 1.807) is 42.5 Å². The minimum absolute atomic E-state index is 0.0255. The summed E-state index contributed by atoms with van der Waals surface area (Å²) in [5.41, 5.74) is 3.03. The van der Waals surface area contributed by atoms with Gasteiger partial charge in [0, 0.05) is 23.0 Å². The predicted octanol–water partition coefficient (Wildman–Crippen LogP) is 4.64. The molecular weight excluding hydrogens is 629 g/mol. The van der Waals surface area contributed by atoms with Gasteiger partial charge in [-0.3, -0.25) is 34.3 Å². The number of imide groups is 2. The van der Waals surface area contributed by atoms with Crippen LogP contribution in [0.1, 0.15) is 36.3 Å². The zero-order chi connectivity index (χ0) is 33.2. The van der Waals surface area contributed by atoms with E-state index in [1.807, 2.05) is 6.08 Å². The first kappa shape index (κ1) is 30.6. The van der Waals surface area contributed by atoms with Gasteiger partial charge in [-0.15, -0.1) is 0 Å². The van der Waals surface area contributed by atoms with Gasteiger partial charge < -0.3 is 10.2 Å². The van der Waals surface area contributed by atoms with E-state index in [0.29, 0.717) is 27.4 Å². The Morgan fingerprint density at radius 1 is 0.936 bits per heavy atom. The minimum atomic E-state index is -1.61. The van der Waals surface area contributed by atoms with E-state index in [4.69, 9.17) is 11.6 Å². The summed E-state index contributed by atoms with van der Waals surface area (Å²) in [7, 11) is 0. The number of benzene rings is 3. The van der Waals surface area contributed by atoms with Crippen molar-refractivity contribution in [3.05, 3.63) is 106 Å². The fraction of sp³-hybridized carbons (Fsp3) is 0.286. The average molecular weight is 658 g/mol. The molecule has 2 heterocycles. The van der Waals surface area contributed by atoms with Gasteiger partial charge >= 0.3 is 5.97 Å². The number of fused-ring (bicyclic) bond motifs is 4. The fourth-order valence-corrected chi connectivity index (χ4v) is 8.35. The van der Waals surface area contributed by atoms with Crippen LogP contribution in [-0.4, -0.2) is 56.3 Å². The van der Waals surface area contributed by atoms with Gasteiger partial charge in [-0.2, -0.15) is 5.01 Å². The summed E-state index contributed by atoms with van der Waals surface area (Å²) in [6, 6.07) is 18.3. The number of carboxylic acid groups (broad SMARTS) is 1. The number of phenols is 1. The smallest absolute Gasteiger partial charge is 0.305 e. The molecule has 47 heavy (non-hydrogen) atoms. The molecule has 0 spiro atoms. The third-order valence-corrected chi connectivity index (χ3v) is 10.4. The molecule has 3 N–H and O–H groups in total. The molecule has 0 unspecified atom stereocenters. The molecule has 6 atom stereocenters. The summed E-state index contributed by atoms with van der Waals surface area (Å²) in [6.07, 6.45) is 1.63. The van der Waals surface area contributed by atoms with Crippen LogP contribution in [0.5, 0.6) is 5.75 Å². The zero-order valence-corrected chi connectivity index (χ0v) is 25.6. The second kappa shape index (κ2) is 11.3. The molecule has 2 saturated heterocycles. The van der Waals surface area contributed by atoms with Crippen LogP contribution in [0.15, 0.2) is 84.4 Å². The monoisotopic (exact) mass is 657 g/mol. The van der Waals surface area contributed by atoms with Crippen molar-refractivity contribution in [2.24, 2.45) is 23.7 Å². The van der Waals surface area contributed by atoms with Crippen LogP contribution < -0.4 is 5.43 Å². The number of hydrazine groups is 1. The Morgan fingerprint density at radius 2 is 1.64 bits per heavy atom. The zero-order valence-electron chi connectivity index (χ0n) is 24.8. The first-order chi connectivity index (χ1) is 22.5. The number of carbonyl (C=O) groups excluding carboxylic acids is 4. The van der Waals surface area contributed by atoms with Crippen molar-refractivity contribution >= 4 is 46.9 Å². The Kier molecular flexibility index (Phi) is 7.39. The van der Waals surface area contributed by atoms with E-state index < -0.39 is 76.8 Å². The van der Waals surface area contributed by atoms with Crippen LogP contribution in [0.4, 0.5) is 10.1 Å². The number of nitrogens with one attached hydrogen (secondary N) is 1. The number of carbonyl (C=O) groups is 5. The van der Waals surface area contributed by atoms with Gasteiger partial charge in [0.05, 0.1) is 35.3 Å². The first-order valence-electron chi connectivity index (χ1n) is 15.3. The van der Waals surface area contributed by atoms with Gasteiger partial charge in [-0.05, 0) is 66.8 Å². The molecule has 3 fully saturated rings. The van der Waals surface area contributed by atoms with Crippen LogP contribution in [0.25, 0.3) is 0 Å². The maximum absolute atomic E-state index is 15.0. The number of halogens is 2. The SMILES string of the molecule is O=C(O)CCN1C(=O)[C@H]2[C@H](CC=C3[C@H]2C[C@H]2C(=O)N(Nc4ccc(F)cc4)C(=O)[C@@]2(c2ccc(Cl)cc2)[C@H]3c2ccccc2O)C1=O. The normalized spacial score (nSPS) is 28.1. The number of aromatic hydroxyl groups is 1. The number of allylic oxidation sites excluding steroid dienone is 2. The maximum Gasteiger partial charge on any atom is 0.305 e. The van der Waals surface area contributed by atoms with Gasteiger partial charge in [0.15, 0.2) is 0 Å². The second-order valence-electron chi connectivity index (χ2n) is 12.4. The van der Waals surface area contributed by atoms with Gasteiger partial charge in [0.2, 0.25) is 11.8 Å². The fourth-order valence-electron chi connectivity index (χ4n) is 8.22. The number of nitrogens with zero attached hydrogens (tertiary/aromatic N) is 2. The molecule has 12 heteroatoms. The lowest BCUT2D eigenvalue weighted by Crippen LogP contribution is -2.53. The van der Waals surface area contributed by atoms with E-state index in [-0.39, 0.29) is 25.1 Å². The molecule has 10 nitrogen and oxygen atoms in total. The maximum atomic E-state index is 15.0. The molecule has 1 saturated carbocycles. The van der Waals surface area contributed by atoms with Crippen molar-refractivity contribution in [2.45, 2.75) is 30.6 Å². The van der Waals surface area contributed by atoms with E-state index >= 15 is 0 Å². The van der Waals surface area contributed by atoms with Crippen molar-refractivity contribution in [3.8, 4) is 5.75 Å². The highest BCUT2D eigenvalue weighted by Crippen LogP contribution is 2.64. The highest BCUT2D eigenvalue weighted by atomic mass is 35.5. The summed E-state index contributed by atoms with van der Waals surface area (Å²) < 4.78 is 13.7. The Morgan fingerprint density at radius 3 is 2.32 bits per heavy atom. The Hall–Kier alpha value is -5.03. The summed E-state index contributed by atoms with van der Waals surface area (Å²) in [5, 5.41) is 21.9. The summed E-state index contributed by atoms with van der Waals surface area (Å²) in [4.78, 5) is 69.2. The van der Waals surface area contributed by atoms with E-state index in [2.05, 4.69) is 5.43 Å². The molecule has 3 aromatic rings. The van der Waals surface area contributed by atoms with Crippen LogP contribution in [0.3, 0.4) is 0 Å². The number of hydrogen-bond donors (Lipinski definition) is 3. The number of anilines is 1. The Bertz CT molecular complexity index is 1860. The second-order valence-corrected chi connectivity index (χ2v) is 12.8. The van der Waals surface area contributed by atoms with Gasteiger partial charge in [0.1, 0.15) is 11.6 Å². The van der Waals surface area contributed by atoms with E-state index in [0.717, 1.165) is 9.91 Å². The molecule has 7 rings (SSSR count). The highest BCUT2D eigenvalue weighted by Gasteiger charge is 2.70. The number of para-hydroxylation sites is 1. The Labute approximate surface area is 273 Å². The number of rotatable bonds is 7. The molecule has 0 radical (unpaired) electrons. The number of aliphatic carboxylic acids is 1. The van der Waals surface area contributed by atoms with E-state index in [1.165, 1.54) is 30.3 Å². The number of likely N-dealkylation sites (tertiary alicyclic amines) is 1. The standard InChI is InChI=1S/C35H29ClFN3O7/c36-19-7-5-18(6-8-19)35-26(32(45)40(34(35)47)38-21-11-9-20(37)10-12-21)17-25-22(30(35)23-3-1-2-4-27(23)41)13-14-24-29(25)33(46)39(31(24)44)16-15-28(42)43/h1-13,24-26,29-30,38,41H,14-17H2,(H,42,43)/t24-,25+,26-,29-,30+,35+/m0/s1. The van der Waals surface area contributed by atoms with Crippen LogP contribution in [0.2, 0.25) is 5.02 Å². The molecule has 2 aliphatic heterocycles. The summed E-state index contributed by atoms with van der Waals surface area (Å²) in [5.74, 6) is -8.23. The lowest BCUT2D eigenvalue weighted by atomic mass is 9.49. The minimum Gasteiger partial charge on any atom is -0.508 e. The van der Waals surface area contributed by atoms with E-state index in [9.17, 15) is 38.6 Å². The van der Waals surface area contributed by atoms with Gasteiger partial charge in [-0.25, -0.2) is 4.39 Å². The molecule has 0 aromatic heterocycles. The topological polar surface area (TPSA) is 144 Å². The summed E-state index contributed by atoms with van der Waals surface area (Å²) in [6.45, 7) is -0.268. The molecule has 4 aliphatic rings. The van der Waals surface area contributed by atoms with Gasteiger partial charge in [0.25, 0.3) is 11.8 Å². The lowest BCUT2D eigenvalue weighted by Gasteiger charge is -2.50. The third kappa shape index (κ3) is 4.63. The largest absolute Gasteiger partial charge is 0.508 e. The molecule has 3 aromatic carbocycles. The molecular formula is C35H29ClFN3O7. The van der Waals surface area contributed by atoms with Crippen molar-refractivity contribution in [3.63, 3.8) is 0 Å². The Balaban J connectivity index is 1.42. The number of phenolic OH excluding ortho intramolecular Hbond substituents is 1. The molecule has 240 valence electrons. The third-order valence-electron chi connectivity index (χ3n) is 10.1. The number of amides is 4. The highest BCUT2D eigenvalue weighted by molar-refractivity contribution is 6.30. The van der Waals surface area contributed by atoms with Crippen molar-refractivity contribution < 1.29 is 38.6 Å². The van der Waals surface area contributed by atoms with Crippen molar-refractivity contribution in [1.82, 2.24) is 9.91 Å². The molecule has 2 aliphatic carbocycles. The first-order valence-corrected chi connectivity index (χ1v) is 15.6. The number of hydrogen-bond acceptors (Lipinski definition) is 7. The van der Waals surface area contributed by atoms with Crippen LogP contribution in [0, 0.1) is 29.5 Å². The molecule has 0 bridgehead atoms. The summed E-state index contributed by atoms with van der Waals surface area (Å²) >= 11 is 6.28. The lowest BCUT2D eigenvalue weighted by molar-refractivity contribution is -0.143. The van der Waals surface area contributed by atoms with Crippen LogP contribution in [-0.2, 0) is 29.4 Å². The average Bonchev–Trinajstić information content (AvgIpc) is 3.42.